The van der Waals surface area contributed by atoms with E-state index in [9.17, 15) is 18.8 Å². The molecule has 2 rings (SSSR count). The van der Waals surface area contributed by atoms with Crippen molar-refractivity contribution in [1.82, 2.24) is 9.47 Å². The summed E-state index contributed by atoms with van der Waals surface area (Å²) >= 11 is 0. The molecule has 6 nitrogen and oxygen atoms in total. The average Bonchev–Trinajstić information content (AvgIpc) is 2.88. The number of aromatic nitrogens is 1. The summed E-state index contributed by atoms with van der Waals surface area (Å²) in [5, 5.41) is 0. The van der Waals surface area contributed by atoms with Crippen LogP contribution in [-0.2, 0) is 11.8 Å². The van der Waals surface area contributed by atoms with E-state index in [0.717, 1.165) is 0 Å². The molecule has 29 heavy (non-hydrogen) atoms. The van der Waals surface area contributed by atoms with Crippen LogP contribution in [0, 0.1) is 19.7 Å². The summed E-state index contributed by atoms with van der Waals surface area (Å²) in [6.45, 7) is 8.67. The van der Waals surface area contributed by atoms with Gasteiger partial charge >= 0.3 is 5.97 Å². The van der Waals surface area contributed by atoms with E-state index in [1.54, 1.807) is 52.3 Å². The summed E-state index contributed by atoms with van der Waals surface area (Å²) in [6, 6.07) is 5.37. The molecule has 0 saturated carbocycles. The van der Waals surface area contributed by atoms with Crippen molar-refractivity contribution in [3.63, 3.8) is 0 Å². The van der Waals surface area contributed by atoms with Crippen LogP contribution in [0.15, 0.2) is 24.3 Å². The highest BCUT2D eigenvalue weighted by Crippen LogP contribution is 2.23. The molecule has 0 aliphatic carbocycles. The Hall–Kier alpha value is -2.96. The number of ketones is 1. The molecule has 1 amide bonds. The van der Waals surface area contributed by atoms with Crippen LogP contribution in [0.25, 0.3) is 0 Å². The van der Waals surface area contributed by atoms with Crippen LogP contribution in [0.4, 0.5) is 4.39 Å². The number of ether oxygens (including phenoxy) is 1. The molecule has 1 aromatic heterocycles. The predicted molar refractivity (Wildman–Crippen MR) is 108 cm³/mol. The third-order valence-electron chi connectivity index (χ3n) is 4.98. The van der Waals surface area contributed by atoms with Gasteiger partial charge in [0.1, 0.15) is 11.5 Å². The van der Waals surface area contributed by atoms with E-state index in [1.807, 2.05) is 0 Å². The molecule has 0 aliphatic heterocycles. The maximum Gasteiger partial charge on any atom is 0.355 e. The SMILES string of the molecule is CCOC(=O)c1c(C)c(C(=O)CN(C(=O)c2ccccc2F)C(C)C)c(C)n1C. The van der Waals surface area contributed by atoms with Crippen molar-refractivity contribution in [1.29, 1.82) is 0 Å². The molecule has 7 heteroatoms. The second-order valence-corrected chi connectivity index (χ2v) is 7.14. The van der Waals surface area contributed by atoms with Gasteiger partial charge in [0.15, 0.2) is 5.78 Å². The van der Waals surface area contributed by atoms with Crippen LogP contribution < -0.4 is 0 Å². The van der Waals surface area contributed by atoms with Gasteiger partial charge < -0.3 is 14.2 Å². The molecule has 1 heterocycles. The standard InChI is InChI=1S/C22H27FN2O4/c1-7-29-22(28)20-14(4)19(15(5)24(20)6)18(26)12-25(13(2)3)21(27)16-10-8-9-11-17(16)23/h8-11,13H,7,12H2,1-6H3. The van der Waals surface area contributed by atoms with Gasteiger partial charge in [-0.2, -0.15) is 0 Å². The number of nitrogens with zero attached hydrogens (tertiary/aromatic N) is 2. The van der Waals surface area contributed by atoms with Crippen LogP contribution in [0.5, 0.6) is 0 Å². The lowest BCUT2D eigenvalue weighted by Crippen LogP contribution is -2.41. The number of carbonyl (C=O) groups is 3. The van der Waals surface area contributed by atoms with E-state index in [-0.39, 0.29) is 30.5 Å². The number of esters is 1. The third-order valence-corrected chi connectivity index (χ3v) is 4.98. The fourth-order valence-corrected chi connectivity index (χ4v) is 3.39. The van der Waals surface area contributed by atoms with Gasteiger partial charge in [-0.15, -0.1) is 0 Å². The van der Waals surface area contributed by atoms with Crippen molar-refractivity contribution in [2.75, 3.05) is 13.2 Å². The Kier molecular flexibility index (Phi) is 6.95. The Morgan fingerprint density at radius 3 is 2.34 bits per heavy atom. The molecular formula is C22H27FN2O4. The summed E-state index contributed by atoms with van der Waals surface area (Å²) in [5.74, 6) is -2.00. The lowest BCUT2D eigenvalue weighted by Gasteiger charge is -2.26. The monoisotopic (exact) mass is 402 g/mol. The fraction of sp³-hybridized carbons (Fsp3) is 0.409. The number of Topliss-reactive ketones (excluding diaryl/α,β-unsaturated/α-hetero) is 1. The molecule has 0 radical (unpaired) electrons. The third kappa shape index (κ3) is 4.39. The Balaban J connectivity index is 2.39. The van der Waals surface area contributed by atoms with Crippen molar-refractivity contribution < 1.29 is 23.5 Å². The second-order valence-electron chi connectivity index (χ2n) is 7.14. The average molecular weight is 402 g/mol. The molecule has 0 spiro atoms. The van der Waals surface area contributed by atoms with Crippen LogP contribution in [0.1, 0.15) is 63.2 Å². The van der Waals surface area contributed by atoms with E-state index >= 15 is 0 Å². The quantitative estimate of drug-likeness (QED) is 0.523. The van der Waals surface area contributed by atoms with Gasteiger partial charge in [0.25, 0.3) is 5.91 Å². The Bertz CT molecular complexity index is 947. The number of benzene rings is 1. The van der Waals surface area contributed by atoms with E-state index < -0.39 is 17.7 Å². The summed E-state index contributed by atoms with van der Waals surface area (Å²) in [5.41, 5.74) is 1.72. The van der Waals surface area contributed by atoms with Crippen molar-refractivity contribution >= 4 is 17.7 Å². The Morgan fingerprint density at radius 2 is 1.79 bits per heavy atom. The van der Waals surface area contributed by atoms with Crippen LogP contribution >= 0.6 is 0 Å². The minimum atomic E-state index is -0.632. The van der Waals surface area contributed by atoms with Gasteiger partial charge in [-0.3, -0.25) is 9.59 Å². The van der Waals surface area contributed by atoms with E-state index in [2.05, 4.69) is 0 Å². The zero-order valence-electron chi connectivity index (χ0n) is 17.7. The molecular weight excluding hydrogens is 375 g/mol. The predicted octanol–water partition coefficient (Wildman–Crippen LogP) is 3.69. The highest BCUT2D eigenvalue weighted by atomic mass is 19.1. The minimum Gasteiger partial charge on any atom is -0.461 e. The first-order chi connectivity index (χ1) is 13.6. The first-order valence-electron chi connectivity index (χ1n) is 9.53. The number of halogens is 1. The van der Waals surface area contributed by atoms with E-state index in [0.29, 0.717) is 22.5 Å². The van der Waals surface area contributed by atoms with Crippen molar-refractivity contribution in [2.45, 2.75) is 40.7 Å². The Morgan fingerprint density at radius 1 is 1.17 bits per heavy atom. The van der Waals surface area contributed by atoms with Gasteiger partial charge in [-0.05, 0) is 52.3 Å². The number of rotatable bonds is 7. The molecule has 0 unspecified atom stereocenters. The molecule has 0 fully saturated rings. The highest BCUT2D eigenvalue weighted by molar-refractivity contribution is 6.06. The molecule has 0 bridgehead atoms. The van der Waals surface area contributed by atoms with Gasteiger partial charge in [-0.1, -0.05) is 12.1 Å². The van der Waals surface area contributed by atoms with Crippen LogP contribution in [0.2, 0.25) is 0 Å². The molecule has 1 aromatic carbocycles. The molecule has 0 saturated heterocycles. The summed E-state index contributed by atoms with van der Waals surface area (Å²) in [6.07, 6.45) is 0. The number of carbonyl (C=O) groups excluding carboxylic acids is 3. The molecule has 0 aliphatic rings. The number of hydrogen-bond donors (Lipinski definition) is 0. The van der Waals surface area contributed by atoms with Crippen molar-refractivity contribution in [2.24, 2.45) is 7.05 Å². The topological polar surface area (TPSA) is 68.6 Å². The maximum atomic E-state index is 14.1. The zero-order valence-corrected chi connectivity index (χ0v) is 17.7. The first-order valence-corrected chi connectivity index (χ1v) is 9.53. The minimum absolute atomic E-state index is 0.0808. The molecule has 156 valence electrons. The van der Waals surface area contributed by atoms with Gasteiger partial charge in [0.2, 0.25) is 0 Å². The summed E-state index contributed by atoms with van der Waals surface area (Å²) in [4.78, 5) is 39.6. The van der Waals surface area contributed by atoms with E-state index in [4.69, 9.17) is 4.74 Å². The van der Waals surface area contributed by atoms with Crippen molar-refractivity contribution in [3.05, 3.63) is 58.2 Å². The first kappa shape index (κ1) is 22.3. The fourth-order valence-electron chi connectivity index (χ4n) is 3.39. The molecule has 2 aromatic rings. The number of hydrogen-bond acceptors (Lipinski definition) is 4. The van der Waals surface area contributed by atoms with Crippen LogP contribution in [-0.4, -0.2) is 46.3 Å². The largest absolute Gasteiger partial charge is 0.461 e. The van der Waals surface area contributed by atoms with Gasteiger partial charge in [0.05, 0.1) is 18.7 Å². The van der Waals surface area contributed by atoms with E-state index in [1.165, 1.54) is 23.1 Å². The Labute approximate surface area is 170 Å². The van der Waals surface area contributed by atoms with Gasteiger partial charge in [0, 0.05) is 24.3 Å². The highest BCUT2D eigenvalue weighted by Gasteiger charge is 2.29. The number of amides is 1. The normalized spacial score (nSPS) is 10.9. The second kappa shape index (κ2) is 9.03. The summed E-state index contributed by atoms with van der Waals surface area (Å²) < 4.78 is 20.8. The van der Waals surface area contributed by atoms with Crippen molar-refractivity contribution in [3.8, 4) is 0 Å². The zero-order chi connectivity index (χ0) is 21.9. The maximum absolute atomic E-state index is 14.1. The molecule has 0 N–H and O–H groups in total. The summed E-state index contributed by atoms with van der Waals surface area (Å²) in [7, 11) is 1.69. The van der Waals surface area contributed by atoms with Crippen LogP contribution in [0.3, 0.4) is 0 Å². The van der Waals surface area contributed by atoms with Gasteiger partial charge in [-0.25, -0.2) is 9.18 Å². The lowest BCUT2D eigenvalue weighted by molar-refractivity contribution is 0.0513. The smallest absolute Gasteiger partial charge is 0.355 e. The molecule has 0 atom stereocenters. The lowest BCUT2D eigenvalue weighted by atomic mass is 10.0.